The van der Waals surface area contributed by atoms with Crippen LogP contribution in [0.25, 0.3) is 6.08 Å². The van der Waals surface area contributed by atoms with Crippen molar-refractivity contribution in [2.45, 2.75) is 26.8 Å². The Morgan fingerprint density at radius 2 is 2.13 bits per heavy atom. The molecule has 1 atom stereocenters. The number of hydrogen-bond acceptors (Lipinski definition) is 3. The van der Waals surface area contributed by atoms with Crippen molar-refractivity contribution in [3.63, 3.8) is 0 Å². The van der Waals surface area contributed by atoms with Gasteiger partial charge in [-0.15, -0.1) is 0 Å². The molecule has 23 heavy (non-hydrogen) atoms. The quantitative estimate of drug-likeness (QED) is 0.750. The van der Waals surface area contributed by atoms with E-state index in [2.05, 4.69) is 0 Å². The lowest BCUT2D eigenvalue weighted by molar-refractivity contribution is -0.127. The number of hydrogen-bond donors (Lipinski definition) is 0. The van der Waals surface area contributed by atoms with Gasteiger partial charge in [0.05, 0.1) is 13.2 Å². The molecule has 0 bridgehead atoms. The van der Waals surface area contributed by atoms with E-state index in [-0.39, 0.29) is 11.9 Å². The summed E-state index contributed by atoms with van der Waals surface area (Å²) in [5.41, 5.74) is 1.04. The summed E-state index contributed by atoms with van der Waals surface area (Å²) in [5, 5.41) is 0. The van der Waals surface area contributed by atoms with Crippen LogP contribution in [-0.2, 0) is 4.79 Å². The average molecular weight is 313 g/mol. The van der Waals surface area contributed by atoms with Crippen LogP contribution in [0.5, 0.6) is 5.75 Å². The van der Waals surface area contributed by atoms with Crippen LogP contribution in [0.15, 0.2) is 46.9 Å². The molecular weight excluding hydrogens is 290 g/mol. The summed E-state index contributed by atoms with van der Waals surface area (Å²) in [4.78, 5) is 14.3. The number of nitrogens with zero attached hydrogens (tertiary/aromatic N) is 1. The molecule has 1 heterocycles. The molecule has 2 aromatic rings. The fraction of sp³-hybridized carbons (Fsp3) is 0.316. The van der Waals surface area contributed by atoms with E-state index < -0.39 is 0 Å². The fourth-order valence-electron chi connectivity index (χ4n) is 2.49. The highest BCUT2D eigenvalue weighted by atomic mass is 16.5. The molecule has 1 amide bonds. The molecule has 2 rings (SSSR count). The van der Waals surface area contributed by atoms with Gasteiger partial charge < -0.3 is 14.1 Å². The van der Waals surface area contributed by atoms with Crippen molar-refractivity contribution in [3.05, 3.63) is 59.6 Å². The summed E-state index contributed by atoms with van der Waals surface area (Å²) < 4.78 is 10.7. The number of rotatable bonds is 6. The van der Waals surface area contributed by atoms with Crippen molar-refractivity contribution in [3.8, 4) is 5.75 Å². The maximum atomic E-state index is 12.5. The number of methoxy groups -OCH3 is 1. The Morgan fingerprint density at radius 1 is 1.35 bits per heavy atom. The number of furan rings is 1. The highest BCUT2D eigenvalue weighted by molar-refractivity contribution is 5.91. The Balaban J connectivity index is 2.13. The molecule has 0 saturated carbocycles. The highest BCUT2D eigenvalue weighted by Crippen LogP contribution is 2.24. The Kier molecular flexibility index (Phi) is 5.63. The van der Waals surface area contributed by atoms with Gasteiger partial charge >= 0.3 is 0 Å². The zero-order valence-corrected chi connectivity index (χ0v) is 14.1. The van der Waals surface area contributed by atoms with E-state index in [1.54, 1.807) is 24.2 Å². The highest BCUT2D eigenvalue weighted by Gasteiger charge is 2.18. The Labute approximate surface area is 137 Å². The van der Waals surface area contributed by atoms with E-state index >= 15 is 0 Å². The molecule has 0 radical (unpaired) electrons. The van der Waals surface area contributed by atoms with E-state index in [1.807, 2.05) is 57.2 Å². The van der Waals surface area contributed by atoms with E-state index in [0.29, 0.717) is 12.3 Å². The SMILES string of the molecule is CCN(C(=O)/C=C/c1ccc(C)o1)C(C)c1cccc(OC)c1. The van der Waals surface area contributed by atoms with E-state index in [9.17, 15) is 4.79 Å². The monoisotopic (exact) mass is 313 g/mol. The van der Waals surface area contributed by atoms with Gasteiger partial charge in [-0.25, -0.2) is 0 Å². The zero-order valence-electron chi connectivity index (χ0n) is 14.1. The van der Waals surface area contributed by atoms with E-state index in [4.69, 9.17) is 9.15 Å². The van der Waals surface area contributed by atoms with Crippen LogP contribution in [0.1, 0.15) is 37.0 Å². The third-order valence-corrected chi connectivity index (χ3v) is 3.82. The van der Waals surface area contributed by atoms with E-state index in [0.717, 1.165) is 17.1 Å². The summed E-state index contributed by atoms with van der Waals surface area (Å²) in [6.07, 6.45) is 3.26. The summed E-state index contributed by atoms with van der Waals surface area (Å²) in [7, 11) is 1.64. The molecule has 0 aliphatic carbocycles. The second kappa shape index (κ2) is 7.68. The molecule has 122 valence electrons. The minimum atomic E-state index is -0.0446. The molecule has 1 unspecified atom stereocenters. The third-order valence-electron chi connectivity index (χ3n) is 3.82. The molecular formula is C19H23NO3. The predicted molar refractivity (Wildman–Crippen MR) is 91.3 cm³/mol. The van der Waals surface area contributed by atoms with Crippen LogP contribution in [-0.4, -0.2) is 24.5 Å². The minimum absolute atomic E-state index is 0.0365. The first-order valence-electron chi connectivity index (χ1n) is 7.74. The molecule has 4 nitrogen and oxygen atoms in total. The van der Waals surface area contributed by atoms with Crippen molar-refractivity contribution < 1.29 is 13.9 Å². The second-order valence-electron chi connectivity index (χ2n) is 5.36. The number of carbonyl (C=O) groups excluding carboxylic acids is 1. The molecule has 0 N–H and O–H groups in total. The third kappa shape index (κ3) is 4.25. The Bertz CT molecular complexity index is 687. The number of amides is 1. The number of ether oxygens (including phenoxy) is 1. The first kappa shape index (κ1) is 16.9. The van der Waals surface area contributed by atoms with Crippen LogP contribution >= 0.6 is 0 Å². The number of benzene rings is 1. The fourth-order valence-corrected chi connectivity index (χ4v) is 2.49. The smallest absolute Gasteiger partial charge is 0.247 e. The standard InChI is InChI=1S/C19H23NO3/c1-5-20(15(3)16-7-6-8-18(13-16)22-4)19(21)12-11-17-10-9-14(2)23-17/h6-13,15H,5H2,1-4H3/b12-11+. The molecule has 0 spiro atoms. The van der Waals surface area contributed by atoms with Gasteiger partial charge in [0.15, 0.2) is 0 Å². The van der Waals surface area contributed by atoms with Gasteiger partial charge in [0.2, 0.25) is 5.91 Å². The first-order chi connectivity index (χ1) is 11.0. The lowest BCUT2D eigenvalue weighted by Gasteiger charge is -2.27. The number of aryl methyl sites for hydroxylation is 1. The second-order valence-corrected chi connectivity index (χ2v) is 5.36. The molecule has 1 aromatic heterocycles. The molecule has 0 aliphatic heterocycles. The lowest BCUT2D eigenvalue weighted by Crippen LogP contribution is -2.32. The van der Waals surface area contributed by atoms with Crippen molar-refractivity contribution in [2.24, 2.45) is 0 Å². The van der Waals surface area contributed by atoms with Crippen molar-refractivity contribution in [1.29, 1.82) is 0 Å². The van der Waals surface area contributed by atoms with Crippen LogP contribution in [0.4, 0.5) is 0 Å². The van der Waals surface area contributed by atoms with Crippen LogP contribution in [0, 0.1) is 6.92 Å². The normalized spacial score (nSPS) is 12.3. The zero-order chi connectivity index (χ0) is 16.8. The van der Waals surface area contributed by atoms with Gasteiger partial charge in [-0.1, -0.05) is 12.1 Å². The van der Waals surface area contributed by atoms with Gasteiger partial charge in [0.1, 0.15) is 17.3 Å². The van der Waals surface area contributed by atoms with Gasteiger partial charge in [-0.05, 0) is 56.7 Å². The van der Waals surface area contributed by atoms with Gasteiger partial charge in [-0.3, -0.25) is 4.79 Å². The number of carbonyl (C=O) groups is 1. The summed E-state index contributed by atoms with van der Waals surface area (Å²) in [5.74, 6) is 2.26. The first-order valence-corrected chi connectivity index (χ1v) is 7.74. The van der Waals surface area contributed by atoms with Gasteiger partial charge in [0, 0.05) is 12.6 Å². The van der Waals surface area contributed by atoms with Crippen molar-refractivity contribution in [1.82, 2.24) is 4.90 Å². The summed E-state index contributed by atoms with van der Waals surface area (Å²) in [6.45, 7) is 6.49. The van der Waals surface area contributed by atoms with Crippen molar-refractivity contribution >= 4 is 12.0 Å². The molecule has 0 aliphatic rings. The largest absolute Gasteiger partial charge is 0.497 e. The summed E-state index contributed by atoms with van der Waals surface area (Å²) >= 11 is 0. The topological polar surface area (TPSA) is 42.7 Å². The van der Waals surface area contributed by atoms with Crippen LogP contribution in [0.3, 0.4) is 0 Å². The predicted octanol–water partition coefficient (Wildman–Crippen LogP) is 4.22. The maximum absolute atomic E-state index is 12.5. The maximum Gasteiger partial charge on any atom is 0.247 e. The summed E-state index contributed by atoms with van der Waals surface area (Å²) in [6, 6.07) is 11.5. The average Bonchev–Trinajstić information content (AvgIpc) is 2.99. The Morgan fingerprint density at radius 3 is 2.74 bits per heavy atom. The molecule has 0 saturated heterocycles. The Hall–Kier alpha value is -2.49. The van der Waals surface area contributed by atoms with Gasteiger partial charge in [-0.2, -0.15) is 0 Å². The molecule has 4 heteroatoms. The minimum Gasteiger partial charge on any atom is -0.497 e. The molecule has 1 aromatic carbocycles. The van der Waals surface area contributed by atoms with Gasteiger partial charge in [0.25, 0.3) is 0 Å². The van der Waals surface area contributed by atoms with Crippen LogP contribution < -0.4 is 4.74 Å². The van der Waals surface area contributed by atoms with Crippen molar-refractivity contribution in [2.75, 3.05) is 13.7 Å². The number of likely N-dealkylation sites (N-methyl/N-ethyl adjacent to an activating group) is 1. The lowest BCUT2D eigenvalue weighted by atomic mass is 10.1. The van der Waals surface area contributed by atoms with E-state index in [1.165, 1.54) is 0 Å². The molecule has 0 fully saturated rings. The van der Waals surface area contributed by atoms with Crippen LogP contribution in [0.2, 0.25) is 0 Å².